The molecule has 18 heteroatoms. The zero-order valence-corrected chi connectivity index (χ0v) is 26.4. The standard InChI is InChI=1S/C28H32N4O4.2C2HF3O2/c1-18-15-20(23-7-2-3-8-25(23)29-18)17-36-22-11-9-19(10-12-22)27(33)30-26-16-32(21-5-4-6-21)14-13-24(26)28(34)31-35;2*3-2(4,5)1(6)7/h2-3,7-12,15,21,24,26,35H,4-6,13-14,16-17H2,1H3,(H,30,33)(H,31,34);2*(H,6,7)/t24-,26+;;/m0../s1. The van der Waals surface area contributed by atoms with Crippen LogP contribution < -0.4 is 15.5 Å². The number of amides is 2. The lowest BCUT2D eigenvalue weighted by atomic mass is 9.85. The number of nitrogens with zero attached hydrogens (tertiary/aromatic N) is 2. The number of carbonyl (C=O) groups excluding carboxylic acids is 2. The van der Waals surface area contributed by atoms with Gasteiger partial charge in [0.1, 0.15) is 12.4 Å². The van der Waals surface area contributed by atoms with Gasteiger partial charge in [0.05, 0.1) is 17.5 Å². The van der Waals surface area contributed by atoms with Gasteiger partial charge in [-0.2, -0.15) is 26.3 Å². The molecule has 1 aromatic heterocycles. The summed E-state index contributed by atoms with van der Waals surface area (Å²) in [7, 11) is 0. The third-order valence-corrected chi connectivity index (χ3v) is 7.92. The summed E-state index contributed by atoms with van der Waals surface area (Å²) in [6.45, 7) is 3.77. The molecule has 0 bridgehead atoms. The number of carboxylic acids is 2. The summed E-state index contributed by atoms with van der Waals surface area (Å²) in [5.41, 5.74) is 5.20. The highest BCUT2D eigenvalue weighted by Crippen LogP contribution is 2.30. The molecule has 2 aromatic carbocycles. The van der Waals surface area contributed by atoms with Crippen LogP contribution in [-0.2, 0) is 21.0 Å². The van der Waals surface area contributed by atoms with Crippen molar-refractivity contribution in [2.45, 2.75) is 63.7 Å². The number of fused-ring (bicyclic) bond motifs is 1. The zero-order valence-electron chi connectivity index (χ0n) is 26.4. The molecule has 1 aliphatic heterocycles. The Morgan fingerprint density at radius 2 is 1.50 bits per heavy atom. The van der Waals surface area contributed by atoms with E-state index in [-0.39, 0.29) is 11.9 Å². The number of likely N-dealkylation sites (tertiary alicyclic amines) is 1. The quantitative estimate of drug-likeness (QED) is 0.129. The maximum absolute atomic E-state index is 13.0. The minimum atomic E-state index is -5.08. The lowest BCUT2D eigenvalue weighted by molar-refractivity contribution is -0.193. The number of alkyl halides is 6. The molecular formula is C32H34F6N4O8. The highest BCUT2D eigenvalue weighted by molar-refractivity contribution is 5.95. The summed E-state index contributed by atoms with van der Waals surface area (Å²) >= 11 is 0. The molecule has 0 spiro atoms. The second-order valence-corrected chi connectivity index (χ2v) is 11.4. The number of rotatable bonds is 7. The van der Waals surface area contributed by atoms with Gasteiger partial charge in [-0.25, -0.2) is 15.1 Å². The van der Waals surface area contributed by atoms with Crippen molar-refractivity contribution < 1.29 is 65.7 Å². The third-order valence-electron chi connectivity index (χ3n) is 7.92. The van der Waals surface area contributed by atoms with Crippen molar-refractivity contribution in [3.63, 3.8) is 0 Å². The average Bonchev–Trinajstić information content (AvgIpc) is 3.02. The van der Waals surface area contributed by atoms with Crippen molar-refractivity contribution in [3.8, 4) is 5.75 Å². The van der Waals surface area contributed by atoms with E-state index in [0.29, 0.717) is 36.9 Å². The van der Waals surface area contributed by atoms with Gasteiger partial charge in [-0.15, -0.1) is 0 Å². The van der Waals surface area contributed by atoms with E-state index in [4.69, 9.17) is 24.5 Å². The molecule has 2 atom stereocenters. The predicted molar refractivity (Wildman–Crippen MR) is 163 cm³/mol. The predicted octanol–water partition coefficient (Wildman–Crippen LogP) is 4.87. The molecule has 272 valence electrons. The van der Waals surface area contributed by atoms with E-state index in [9.17, 15) is 41.1 Å². The third kappa shape index (κ3) is 11.3. The SMILES string of the molecule is Cc1cc(COc2ccc(C(=O)N[C@@H]3CN(C4CCC4)CC[C@@H]3C(=O)NO)cc2)c2ccccc2n1.O=C(O)C(F)(F)F.O=C(O)C(F)(F)F. The Labute approximate surface area is 281 Å². The van der Waals surface area contributed by atoms with Gasteiger partial charge in [-0.05, 0) is 69.1 Å². The van der Waals surface area contributed by atoms with E-state index in [1.807, 2.05) is 37.3 Å². The van der Waals surface area contributed by atoms with Crippen LogP contribution in [0.2, 0.25) is 0 Å². The van der Waals surface area contributed by atoms with Gasteiger partial charge in [0.25, 0.3) is 5.91 Å². The second-order valence-electron chi connectivity index (χ2n) is 11.4. The zero-order chi connectivity index (χ0) is 37.2. The first-order valence-corrected chi connectivity index (χ1v) is 15.1. The number of para-hydroxylation sites is 1. The van der Waals surface area contributed by atoms with Crippen LogP contribution in [0.3, 0.4) is 0 Å². The Morgan fingerprint density at radius 1 is 0.920 bits per heavy atom. The maximum atomic E-state index is 13.0. The number of nitrogens with one attached hydrogen (secondary N) is 2. The summed E-state index contributed by atoms with van der Waals surface area (Å²) < 4.78 is 69.5. The number of aryl methyl sites for hydroxylation is 1. The number of pyridine rings is 1. The number of piperidine rings is 1. The topological polar surface area (TPSA) is 178 Å². The van der Waals surface area contributed by atoms with Crippen LogP contribution in [0.1, 0.15) is 47.3 Å². The first-order chi connectivity index (χ1) is 23.4. The Balaban J connectivity index is 0.000000408. The molecule has 5 rings (SSSR count). The number of carboxylic acid groups (broad SMARTS) is 2. The fraction of sp³-hybridized carbons (Fsp3) is 0.406. The van der Waals surface area contributed by atoms with Crippen LogP contribution in [0, 0.1) is 12.8 Å². The Hall–Kier alpha value is -4.97. The number of hydroxylamine groups is 1. The van der Waals surface area contributed by atoms with Gasteiger partial charge in [-0.3, -0.25) is 24.7 Å². The van der Waals surface area contributed by atoms with E-state index < -0.39 is 36.1 Å². The van der Waals surface area contributed by atoms with Crippen LogP contribution in [-0.4, -0.2) is 86.6 Å². The van der Waals surface area contributed by atoms with E-state index in [2.05, 4.69) is 15.2 Å². The summed E-state index contributed by atoms with van der Waals surface area (Å²) in [6, 6.07) is 17.2. The summed E-state index contributed by atoms with van der Waals surface area (Å²) in [5.74, 6) is -6.00. The molecule has 1 saturated carbocycles. The molecular weight excluding hydrogens is 682 g/mol. The lowest BCUT2D eigenvalue weighted by Gasteiger charge is -2.44. The van der Waals surface area contributed by atoms with Crippen molar-refractivity contribution in [1.29, 1.82) is 0 Å². The Morgan fingerprint density at radius 3 is 2.02 bits per heavy atom. The van der Waals surface area contributed by atoms with Crippen LogP contribution in [0.15, 0.2) is 54.6 Å². The first-order valence-electron chi connectivity index (χ1n) is 15.1. The number of hydrogen-bond donors (Lipinski definition) is 5. The Kier molecular flexibility index (Phi) is 13.5. The van der Waals surface area contributed by atoms with E-state index in [1.165, 1.54) is 6.42 Å². The van der Waals surface area contributed by atoms with E-state index in [0.717, 1.165) is 41.5 Å². The number of aliphatic carboxylic acids is 2. The van der Waals surface area contributed by atoms with Gasteiger partial charge < -0.3 is 20.3 Å². The fourth-order valence-electron chi connectivity index (χ4n) is 5.23. The number of ether oxygens (including phenoxy) is 1. The van der Waals surface area contributed by atoms with Gasteiger partial charge in [-0.1, -0.05) is 24.6 Å². The number of benzene rings is 2. The first kappa shape index (κ1) is 39.5. The van der Waals surface area contributed by atoms with Gasteiger partial charge in [0.15, 0.2) is 0 Å². The monoisotopic (exact) mass is 716 g/mol. The van der Waals surface area contributed by atoms with Crippen molar-refractivity contribution >= 4 is 34.7 Å². The van der Waals surface area contributed by atoms with Crippen LogP contribution in [0.5, 0.6) is 5.75 Å². The highest BCUT2D eigenvalue weighted by Gasteiger charge is 2.40. The van der Waals surface area contributed by atoms with Gasteiger partial charge >= 0.3 is 24.3 Å². The van der Waals surface area contributed by atoms with Crippen molar-refractivity contribution in [1.82, 2.24) is 20.7 Å². The minimum Gasteiger partial charge on any atom is -0.489 e. The molecule has 2 aliphatic rings. The van der Waals surface area contributed by atoms with Crippen molar-refractivity contribution in [2.24, 2.45) is 5.92 Å². The number of carbonyl (C=O) groups is 4. The van der Waals surface area contributed by atoms with Gasteiger partial charge in [0.2, 0.25) is 5.91 Å². The van der Waals surface area contributed by atoms with Crippen molar-refractivity contribution in [3.05, 3.63) is 71.4 Å². The van der Waals surface area contributed by atoms with Crippen LogP contribution >= 0.6 is 0 Å². The minimum absolute atomic E-state index is 0.242. The molecule has 3 aromatic rings. The van der Waals surface area contributed by atoms with Crippen LogP contribution in [0.25, 0.3) is 10.9 Å². The molecule has 2 heterocycles. The molecule has 2 amide bonds. The molecule has 5 N–H and O–H groups in total. The lowest BCUT2D eigenvalue weighted by Crippen LogP contribution is -2.59. The molecule has 1 saturated heterocycles. The fourth-order valence-corrected chi connectivity index (χ4v) is 5.23. The molecule has 0 radical (unpaired) electrons. The Bertz CT molecular complexity index is 1620. The smallest absolute Gasteiger partial charge is 0.489 e. The summed E-state index contributed by atoms with van der Waals surface area (Å²) in [6.07, 6.45) is -6.02. The largest absolute Gasteiger partial charge is 0.490 e. The van der Waals surface area contributed by atoms with Gasteiger partial charge in [0, 0.05) is 34.8 Å². The summed E-state index contributed by atoms with van der Waals surface area (Å²) in [4.78, 5) is 50.0. The molecule has 2 fully saturated rings. The maximum Gasteiger partial charge on any atom is 0.490 e. The van der Waals surface area contributed by atoms with Crippen molar-refractivity contribution in [2.75, 3.05) is 13.1 Å². The number of hydrogen-bond acceptors (Lipinski definition) is 8. The number of aromatic nitrogens is 1. The van der Waals surface area contributed by atoms with E-state index >= 15 is 0 Å². The average molecular weight is 717 g/mol. The normalized spacial score (nSPS) is 17.9. The number of halogens is 6. The molecule has 50 heavy (non-hydrogen) atoms. The molecule has 1 aliphatic carbocycles. The summed E-state index contributed by atoms with van der Waals surface area (Å²) in [5, 5.41) is 27.5. The van der Waals surface area contributed by atoms with Crippen LogP contribution in [0.4, 0.5) is 26.3 Å². The molecule has 0 unspecified atom stereocenters. The molecule has 12 nitrogen and oxygen atoms in total. The highest BCUT2D eigenvalue weighted by atomic mass is 19.4. The second kappa shape index (κ2) is 17.1. The van der Waals surface area contributed by atoms with E-state index in [1.54, 1.807) is 29.7 Å².